The van der Waals surface area contributed by atoms with Gasteiger partial charge in [-0.25, -0.2) is 23.5 Å². The van der Waals surface area contributed by atoms with Gasteiger partial charge in [-0.05, 0) is 48.6 Å². The van der Waals surface area contributed by atoms with E-state index in [0.717, 1.165) is 0 Å². The fraction of sp³-hybridized carbons (Fsp3) is 0.182. The predicted molar refractivity (Wildman–Crippen MR) is 130 cm³/mol. The monoisotopic (exact) mass is 533 g/mol. The molecule has 0 saturated carbocycles. The Kier molecular flexibility index (Phi) is 7.07. The standard InChI is InChI=1S/C22H18F3N7O2S2/c1-13(14-2-7-17(8-3-14)36(26,33)34)29-21-31-18-9-5-15(4-6-16-10-27-12-35-16)30-19(18)20(32-21)28-11-22(23,24)25/h2-3,5,7-10,12-13H,11H2,1H3,(H2,26,33,34)(H2,28,29,31,32). The molecule has 1 aromatic carbocycles. The highest BCUT2D eigenvalue weighted by molar-refractivity contribution is 7.89. The van der Waals surface area contributed by atoms with Crippen molar-refractivity contribution >= 4 is 44.2 Å². The summed E-state index contributed by atoms with van der Waals surface area (Å²) in [5.41, 5.74) is 3.08. The Bertz CT molecular complexity index is 1550. The van der Waals surface area contributed by atoms with E-state index >= 15 is 0 Å². The number of rotatable bonds is 6. The lowest BCUT2D eigenvalue weighted by Gasteiger charge is -2.17. The van der Waals surface area contributed by atoms with E-state index in [-0.39, 0.29) is 22.2 Å². The Balaban J connectivity index is 1.65. The maximum atomic E-state index is 12.9. The van der Waals surface area contributed by atoms with E-state index in [9.17, 15) is 21.6 Å². The lowest BCUT2D eigenvalue weighted by atomic mass is 10.1. The van der Waals surface area contributed by atoms with Gasteiger partial charge in [0.1, 0.15) is 17.8 Å². The molecule has 0 aliphatic carbocycles. The van der Waals surface area contributed by atoms with Crippen molar-refractivity contribution in [2.75, 3.05) is 17.2 Å². The molecule has 4 aromatic rings. The van der Waals surface area contributed by atoms with Crippen LogP contribution in [0.25, 0.3) is 11.0 Å². The first-order chi connectivity index (χ1) is 17.0. The van der Waals surface area contributed by atoms with Crippen LogP contribution in [0.4, 0.5) is 24.9 Å². The Labute approximate surface area is 208 Å². The minimum Gasteiger partial charge on any atom is -0.359 e. The summed E-state index contributed by atoms with van der Waals surface area (Å²) in [5, 5.41) is 10.4. The summed E-state index contributed by atoms with van der Waals surface area (Å²) in [7, 11) is -3.84. The van der Waals surface area contributed by atoms with E-state index in [0.29, 0.717) is 21.7 Å². The summed E-state index contributed by atoms with van der Waals surface area (Å²) in [4.78, 5) is 17.5. The lowest BCUT2D eigenvalue weighted by Crippen LogP contribution is -2.22. The first-order valence-corrected chi connectivity index (χ1v) is 12.7. The third-order valence-corrected chi connectivity index (χ3v) is 6.42. The summed E-state index contributed by atoms with van der Waals surface area (Å²) in [6, 6.07) is 8.64. The molecule has 0 fully saturated rings. The van der Waals surface area contributed by atoms with Crippen molar-refractivity contribution in [2.24, 2.45) is 5.14 Å². The van der Waals surface area contributed by atoms with Crippen LogP contribution < -0.4 is 15.8 Å². The molecule has 4 N–H and O–H groups in total. The van der Waals surface area contributed by atoms with Crippen LogP contribution in [0.15, 0.2) is 53.0 Å². The number of hydrogen-bond donors (Lipinski definition) is 3. The highest BCUT2D eigenvalue weighted by Gasteiger charge is 2.27. The second-order valence-electron chi connectivity index (χ2n) is 7.52. The number of alkyl halides is 3. The van der Waals surface area contributed by atoms with Crippen molar-refractivity contribution in [1.82, 2.24) is 19.9 Å². The number of nitrogens with zero attached hydrogens (tertiary/aromatic N) is 4. The number of sulfonamides is 1. The maximum absolute atomic E-state index is 12.9. The zero-order valence-corrected chi connectivity index (χ0v) is 20.2. The Morgan fingerprint density at radius 1 is 1.08 bits per heavy atom. The molecule has 0 saturated heterocycles. The fourth-order valence-electron chi connectivity index (χ4n) is 3.08. The average molecular weight is 534 g/mol. The molecule has 0 amide bonds. The minimum atomic E-state index is -4.48. The van der Waals surface area contributed by atoms with E-state index in [4.69, 9.17) is 5.14 Å². The molecule has 3 heterocycles. The number of fused-ring (bicyclic) bond motifs is 1. The normalized spacial score (nSPS) is 12.6. The van der Waals surface area contributed by atoms with Gasteiger partial charge in [0.2, 0.25) is 16.0 Å². The summed E-state index contributed by atoms with van der Waals surface area (Å²) in [6.07, 6.45) is -2.88. The average Bonchev–Trinajstić information content (AvgIpc) is 3.34. The van der Waals surface area contributed by atoms with Crippen molar-refractivity contribution in [3.8, 4) is 11.8 Å². The van der Waals surface area contributed by atoms with Crippen LogP contribution in [0.5, 0.6) is 0 Å². The second-order valence-corrected chi connectivity index (χ2v) is 9.97. The number of hydrogen-bond acceptors (Lipinski definition) is 9. The van der Waals surface area contributed by atoms with E-state index in [1.54, 1.807) is 42.9 Å². The van der Waals surface area contributed by atoms with Gasteiger partial charge in [-0.2, -0.15) is 18.2 Å². The van der Waals surface area contributed by atoms with Gasteiger partial charge in [0.05, 0.1) is 33.0 Å². The van der Waals surface area contributed by atoms with Gasteiger partial charge in [-0.15, -0.1) is 11.3 Å². The number of pyridine rings is 1. The van der Waals surface area contributed by atoms with Gasteiger partial charge in [0, 0.05) is 0 Å². The number of benzene rings is 1. The van der Waals surface area contributed by atoms with Crippen molar-refractivity contribution in [2.45, 2.75) is 24.0 Å². The van der Waals surface area contributed by atoms with Crippen molar-refractivity contribution in [1.29, 1.82) is 0 Å². The van der Waals surface area contributed by atoms with Crippen LogP contribution in [0.2, 0.25) is 0 Å². The van der Waals surface area contributed by atoms with Gasteiger partial charge >= 0.3 is 6.18 Å². The smallest absolute Gasteiger partial charge is 0.359 e. The number of aromatic nitrogens is 4. The first kappa shape index (κ1) is 25.3. The molecule has 4 rings (SSSR count). The van der Waals surface area contributed by atoms with E-state index < -0.39 is 28.8 Å². The highest BCUT2D eigenvalue weighted by atomic mass is 32.2. The van der Waals surface area contributed by atoms with Crippen molar-refractivity contribution < 1.29 is 21.6 Å². The van der Waals surface area contributed by atoms with Gasteiger partial charge in [0.25, 0.3) is 0 Å². The topological polar surface area (TPSA) is 136 Å². The van der Waals surface area contributed by atoms with Gasteiger partial charge in [-0.3, -0.25) is 4.98 Å². The Hall–Kier alpha value is -3.80. The number of thiazole rings is 1. The number of nitrogens with two attached hydrogens (primary N) is 1. The van der Waals surface area contributed by atoms with Gasteiger partial charge < -0.3 is 10.6 Å². The zero-order chi connectivity index (χ0) is 25.9. The SMILES string of the molecule is CC(Nc1nc(NCC(F)(F)F)c2nc(C#Cc3cncs3)ccc2n1)c1ccc(S(N)(=O)=O)cc1. The van der Waals surface area contributed by atoms with Crippen LogP contribution in [0, 0.1) is 11.8 Å². The third-order valence-electron chi connectivity index (χ3n) is 4.80. The van der Waals surface area contributed by atoms with Gasteiger partial charge in [0.15, 0.2) is 5.82 Å². The van der Waals surface area contributed by atoms with Crippen LogP contribution >= 0.6 is 11.3 Å². The molecule has 36 heavy (non-hydrogen) atoms. The minimum absolute atomic E-state index is 0.0423. The molecule has 0 spiro atoms. The molecule has 1 unspecified atom stereocenters. The molecule has 3 aromatic heterocycles. The van der Waals surface area contributed by atoms with Crippen LogP contribution in [-0.4, -0.2) is 41.1 Å². The summed E-state index contributed by atoms with van der Waals surface area (Å²) >= 11 is 1.35. The summed E-state index contributed by atoms with van der Waals surface area (Å²) in [5.74, 6) is 5.70. The molecule has 0 radical (unpaired) electrons. The molecule has 14 heteroatoms. The molecule has 186 valence electrons. The van der Waals surface area contributed by atoms with Crippen molar-refractivity contribution in [3.63, 3.8) is 0 Å². The molecule has 0 aliphatic heterocycles. The van der Waals surface area contributed by atoms with Gasteiger partial charge in [-0.1, -0.05) is 12.1 Å². The summed E-state index contributed by atoms with van der Waals surface area (Å²) in [6.45, 7) is 0.445. The fourth-order valence-corrected chi connectivity index (χ4v) is 4.06. The van der Waals surface area contributed by atoms with Crippen LogP contribution in [-0.2, 0) is 10.0 Å². The predicted octanol–water partition coefficient (Wildman–Crippen LogP) is 3.68. The van der Waals surface area contributed by atoms with E-state index in [2.05, 4.69) is 42.4 Å². The third kappa shape index (κ3) is 6.45. The second kappa shape index (κ2) is 10.1. The Morgan fingerprint density at radius 2 is 1.83 bits per heavy atom. The molecule has 0 bridgehead atoms. The van der Waals surface area contributed by atoms with Crippen LogP contribution in [0.1, 0.15) is 29.1 Å². The first-order valence-electron chi connectivity index (χ1n) is 10.3. The zero-order valence-electron chi connectivity index (χ0n) is 18.5. The number of primary sulfonamides is 1. The lowest BCUT2D eigenvalue weighted by molar-refractivity contribution is -0.115. The number of anilines is 2. The summed E-state index contributed by atoms with van der Waals surface area (Å²) < 4.78 is 61.7. The number of nitrogens with one attached hydrogen (secondary N) is 2. The molecule has 1 atom stereocenters. The largest absolute Gasteiger partial charge is 0.405 e. The van der Waals surface area contributed by atoms with E-state index in [1.807, 2.05) is 0 Å². The van der Waals surface area contributed by atoms with E-state index in [1.165, 1.54) is 23.5 Å². The maximum Gasteiger partial charge on any atom is 0.405 e. The molecule has 9 nitrogen and oxygen atoms in total. The number of halogens is 3. The molecule has 0 aliphatic rings. The molecular formula is C22H18F3N7O2S2. The highest BCUT2D eigenvalue weighted by Crippen LogP contribution is 2.25. The quantitative estimate of drug-likeness (QED) is 0.320. The molecular weight excluding hydrogens is 515 g/mol. The Morgan fingerprint density at radius 3 is 2.47 bits per heavy atom. The van der Waals surface area contributed by atoms with Crippen LogP contribution in [0.3, 0.4) is 0 Å². The van der Waals surface area contributed by atoms with Crippen molar-refractivity contribution in [3.05, 3.63) is 64.2 Å².